The van der Waals surface area contributed by atoms with Crippen LogP contribution in [0.25, 0.3) is 5.52 Å². The Morgan fingerprint density at radius 2 is 2.00 bits per heavy atom. The van der Waals surface area contributed by atoms with Crippen LogP contribution in [0, 0.1) is 0 Å². The van der Waals surface area contributed by atoms with Crippen LogP contribution in [-0.4, -0.2) is 26.2 Å². The zero-order valence-corrected chi connectivity index (χ0v) is 12.4. The molecule has 1 aromatic carbocycles. The van der Waals surface area contributed by atoms with Crippen molar-refractivity contribution in [3.63, 3.8) is 0 Å². The van der Waals surface area contributed by atoms with E-state index in [2.05, 4.69) is 22.1 Å². The molecule has 0 aliphatic carbocycles. The van der Waals surface area contributed by atoms with Gasteiger partial charge in [0.1, 0.15) is 0 Å². The van der Waals surface area contributed by atoms with Crippen molar-refractivity contribution in [1.82, 2.24) is 14.5 Å². The van der Waals surface area contributed by atoms with E-state index in [1.807, 2.05) is 47.2 Å². The third-order valence-corrected chi connectivity index (χ3v) is 4.43. The van der Waals surface area contributed by atoms with E-state index in [-0.39, 0.29) is 6.10 Å². The fraction of sp³-hybridized carbons (Fsp3) is 0.278. The molecule has 0 radical (unpaired) electrons. The molecule has 0 fully saturated rings. The Hall–Kier alpha value is -2.17. The van der Waals surface area contributed by atoms with Gasteiger partial charge < -0.3 is 5.11 Å². The van der Waals surface area contributed by atoms with E-state index in [9.17, 15) is 5.11 Å². The molecule has 3 heterocycles. The molecule has 1 unspecified atom stereocenters. The molecule has 4 nitrogen and oxygen atoms in total. The van der Waals surface area contributed by atoms with E-state index < -0.39 is 0 Å². The van der Waals surface area contributed by atoms with E-state index in [1.165, 1.54) is 11.1 Å². The summed E-state index contributed by atoms with van der Waals surface area (Å²) in [5.74, 6) is 0. The summed E-state index contributed by atoms with van der Waals surface area (Å²) in [4.78, 5) is 2.39. The number of fused-ring (bicyclic) bond motifs is 2. The minimum Gasteiger partial charge on any atom is -0.388 e. The van der Waals surface area contributed by atoms with Crippen molar-refractivity contribution in [2.24, 2.45) is 0 Å². The molecule has 22 heavy (non-hydrogen) atoms. The van der Waals surface area contributed by atoms with Crippen LogP contribution in [-0.2, 0) is 13.1 Å². The summed E-state index contributed by atoms with van der Waals surface area (Å²) in [5, 5.41) is 14.7. The summed E-state index contributed by atoms with van der Waals surface area (Å²) in [7, 11) is 0. The molecule has 1 N–H and O–H groups in total. The normalized spacial score (nSPS) is 19.0. The summed E-state index contributed by atoms with van der Waals surface area (Å²) < 4.78 is 1.91. The molecule has 2 aromatic heterocycles. The van der Waals surface area contributed by atoms with Crippen LogP contribution in [0.15, 0.2) is 54.9 Å². The van der Waals surface area contributed by atoms with Crippen LogP contribution in [0.1, 0.15) is 29.2 Å². The Labute approximate surface area is 129 Å². The third-order valence-electron chi connectivity index (χ3n) is 4.43. The SMILES string of the molecule is OC1CCN(Cc2cnn3ccccc23)Cc2ccccc21. The number of pyridine rings is 1. The minimum absolute atomic E-state index is 0.356. The largest absolute Gasteiger partial charge is 0.388 e. The number of benzene rings is 1. The molecule has 0 saturated heterocycles. The Morgan fingerprint density at radius 3 is 2.95 bits per heavy atom. The zero-order chi connectivity index (χ0) is 14.9. The van der Waals surface area contributed by atoms with E-state index in [4.69, 9.17) is 0 Å². The number of aliphatic hydroxyl groups is 1. The van der Waals surface area contributed by atoms with Crippen molar-refractivity contribution in [1.29, 1.82) is 0 Å². The molecule has 0 saturated carbocycles. The second-order valence-corrected chi connectivity index (χ2v) is 5.91. The van der Waals surface area contributed by atoms with Crippen molar-refractivity contribution >= 4 is 5.52 Å². The number of hydrogen-bond donors (Lipinski definition) is 1. The number of rotatable bonds is 2. The van der Waals surface area contributed by atoms with E-state index in [0.717, 1.165) is 37.1 Å². The van der Waals surface area contributed by atoms with Crippen molar-refractivity contribution in [3.8, 4) is 0 Å². The lowest BCUT2D eigenvalue weighted by molar-refractivity contribution is 0.150. The average Bonchev–Trinajstić information content (AvgIpc) is 2.88. The number of nitrogens with zero attached hydrogens (tertiary/aromatic N) is 3. The lowest BCUT2D eigenvalue weighted by atomic mass is 10.0. The molecule has 0 bridgehead atoms. The van der Waals surface area contributed by atoms with Gasteiger partial charge in [0, 0.05) is 31.4 Å². The van der Waals surface area contributed by atoms with Crippen LogP contribution in [0.4, 0.5) is 0 Å². The van der Waals surface area contributed by atoms with Gasteiger partial charge in [0.25, 0.3) is 0 Å². The van der Waals surface area contributed by atoms with E-state index >= 15 is 0 Å². The molecule has 1 atom stereocenters. The van der Waals surface area contributed by atoms with Crippen LogP contribution in [0.3, 0.4) is 0 Å². The van der Waals surface area contributed by atoms with Crippen LogP contribution in [0.5, 0.6) is 0 Å². The molecular formula is C18H19N3O. The first-order chi connectivity index (χ1) is 10.8. The quantitative estimate of drug-likeness (QED) is 0.790. The highest BCUT2D eigenvalue weighted by molar-refractivity contribution is 5.53. The molecule has 112 valence electrons. The highest BCUT2D eigenvalue weighted by Gasteiger charge is 2.21. The molecule has 1 aliphatic rings. The van der Waals surface area contributed by atoms with Gasteiger partial charge >= 0.3 is 0 Å². The fourth-order valence-electron chi connectivity index (χ4n) is 3.27. The first-order valence-electron chi connectivity index (χ1n) is 7.71. The highest BCUT2D eigenvalue weighted by Crippen LogP contribution is 2.27. The molecule has 4 heteroatoms. The predicted molar refractivity (Wildman–Crippen MR) is 85.3 cm³/mol. The Kier molecular flexibility index (Phi) is 3.41. The van der Waals surface area contributed by atoms with Gasteiger partial charge in [-0.05, 0) is 29.7 Å². The van der Waals surface area contributed by atoms with Crippen LogP contribution >= 0.6 is 0 Å². The van der Waals surface area contributed by atoms with Gasteiger partial charge in [-0.25, -0.2) is 4.52 Å². The Balaban J connectivity index is 1.61. The van der Waals surface area contributed by atoms with Crippen molar-refractivity contribution in [2.45, 2.75) is 25.6 Å². The minimum atomic E-state index is -0.356. The molecule has 0 spiro atoms. The topological polar surface area (TPSA) is 40.8 Å². The second kappa shape index (κ2) is 5.55. The van der Waals surface area contributed by atoms with Gasteiger partial charge in [-0.3, -0.25) is 4.90 Å². The smallest absolute Gasteiger partial charge is 0.0805 e. The first-order valence-corrected chi connectivity index (χ1v) is 7.71. The van der Waals surface area contributed by atoms with Gasteiger partial charge in [-0.2, -0.15) is 5.10 Å². The molecule has 1 aliphatic heterocycles. The van der Waals surface area contributed by atoms with Gasteiger partial charge in [0.2, 0.25) is 0 Å². The summed E-state index contributed by atoms with van der Waals surface area (Å²) >= 11 is 0. The van der Waals surface area contributed by atoms with E-state index in [1.54, 1.807) is 0 Å². The number of aromatic nitrogens is 2. The molecular weight excluding hydrogens is 274 g/mol. The first kappa shape index (κ1) is 13.5. The Bertz CT molecular complexity index is 796. The molecule has 0 amide bonds. The fourth-order valence-corrected chi connectivity index (χ4v) is 3.27. The lowest BCUT2D eigenvalue weighted by Gasteiger charge is -2.19. The summed E-state index contributed by atoms with van der Waals surface area (Å²) in [5.41, 5.74) is 4.68. The predicted octanol–water partition coefficient (Wildman–Crippen LogP) is 2.77. The summed E-state index contributed by atoms with van der Waals surface area (Å²) in [6, 6.07) is 14.3. The second-order valence-electron chi connectivity index (χ2n) is 5.91. The van der Waals surface area contributed by atoms with Crippen LogP contribution in [0.2, 0.25) is 0 Å². The van der Waals surface area contributed by atoms with E-state index in [0.29, 0.717) is 0 Å². The highest BCUT2D eigenvalue weighted by atomic mass is 16.3. The van der Waals surface area contributed by atoms with Crippen molar-refractivity contribution < 1.29 is 5.11 Å². The molecule has 3 aromatic rings. The lowest BCUT2D eigenvalue weighted by Crippen LogP contribution is -2.22. The number of aliphatic hydroxyl groups excluding tert-OH is 1. The van der Waals surface area contributed by atoms with Gasteiger partial charge in [-0.1, -0.05) is 30.3 Å². The average molecular weight is 293 g/mol. The van der Waals surface area contributed by atoms with Gasteiger partial charge in [0.05, 0.1) is 17.8 Å². The summed E-state index contributed by atoms with van der Waals surface area (Å²) in [6.07, 6.45) is 4.34. The third kappa shape index (κ3) is 2.40. The summed E-state index contributed by atoms with van der Waals surface area (Å²) in [6.45, 7) is 2.62. The maximum Gasteiger partial charge on any atom is 0.0805 e. The number of hydrogen-bond acceptors (Lipinski definition) is 3. The standard InChI is InChI=1S/C18H19N3O/c22-18-8-10-20(12-14-5-1-2-6-16(14)18)13-15-11-19-21-9-4-3-7-17(15)21/h1-7,9,11,18,22H,8,10,12-13H2. The van der Waals surface area contributed by atoms with Gasteiger partial charge in [-0.15, -0.1) is 0 Å². The van der Waals surface area contributed by atoms with Gasteiger partial charge in [0.15, 0.2) is 0 Å². The maximum absolute atomic E-state index is 10.3. The van der Waals surface area contributed by atoms with Crippen molar-refractivity contribution in [2.75, 3.05) is 6.54 Å². The van der Waals surface area contributed by atoms with Crippen LogP contribution < -0.4 is 0 Å². The zero-order valence-electron chi connectivity index (χ0n) is 12.4. The maximum atomic E-state index is 10.3. The monoisotopic (exact) mass is 293 g/mol. The van der Waals surface area contributed by atoms with Crippen molar-refractivity contribution in [3.05, 3.63) is 71.5 Å². The Morgan fingerprint density at radius 1 is 1.14 bits per heavy atom. The molecule has 4 rings (SSSR count).